The van der Waals surface area contributed by atoms with Crippen LogP contribution >= 0.6 is 0 Å². The van der Waals surface area contributed by atoms with E-state index in [1.165, 1.54) is 19.4 Å². The maximum Gasteiger partial charge on any atom is 0.421 e. The number of nitrogens with one attached hydrogen (secondary N) is 3. The van der Waals surface area contributed by atoms with Crippen molar-refractivity contribution in [3.8, 4) is 0 Å². The topological polar surface area (TPSA) is 166 Å². The molecule has 2 aliphatic heterocycles. The summed E-state index contributed by atoms with van der Waals surface area (Å²) in [6.07, 6.45) is 2.19. The average molecular weight is 767 g/mol. The molecule has 4 heterocycles. The number of carbonyl (C=O) groups excluding carboxylic acids is 2. The van der Waals surface area contributed by atoms with Gasteiger partial charge in [0.2, 0.25) is 27.8 Å². The molecule has 54 heavy (non-hydrogen) atoms. The molecule has 2 aliphatic rings. The van der Waals surface area contributed by atoms with Crippen LogP contribution in [0.5, 0.6) is 0 Å². The number of piperidine rings is 2. The van der Waals surface area contributed by atoms with E-state index in [9.17, 15) is 31.2 Å². The molecule has 2 aromatic heterocycles. The predicted molar refractivity (Wildman–Crippen MR) is 198 cm³/mol. The summed E-state index contributed by atoms with van der Waals surface area (Å²) in [6, 6.07) is 15.7. The van der Waals surface area contributed by atoms with Gasteiger partial charge in [-0.25, -0.2) is 18.4 Å². The molecule has 0 bridgehead atoms. The van der Waals surface area contributed by atoms with Crippen molar-refractivity contribution in [1.82, 2.24) is 30.2 Å². The number of anilines is 5. The monoisotopic (exact) mass is 766 g/mol. The van der Waals surface area contributed by atoms with Crippen LogP contribution in [0, 0.1) is 0 Å². The molecule has 2 saturated heterocycles. The summed E-state index contributed by atoms with van der Waals surface area (Å²) in [5, 5.41) is 8.07. The Labute approximate surface area is 311 Å². The van der Waals surface area contributed by atoms with Crippen LogP contribution in [0.3, 0.4) is 0 Å². The van der Waals surface area contributed by atoms with Gasteiger partial charge >= 0.3 is 6.18 Å². The lowest BCUT2D eigenvalue weighted by atomic mass is 9.87. The van der Waals surface area contributed by atoms with E-state index >= 15 is 0 Å². The van der Waals surface area contributed by atoms with E-state index < -0.39 is 27.6 Å². The number of nitrogens with zero attached hydrogens (tertiary/aromatic N) is 7. The van der Waals surface area contributed by atoms with Crippen molar-refractivity contribution in [1.29, 1.82) is 0 Å². The lowest BCUT2D eigenvalue weighted by Gasteiger charge is -2.38. The fourth-order valence-corrected chi connectivity index (χ4v) is 7.18. The number of alkyl halides is 3. The minimum atomic E-state index is -4.76. The molecular weight excluding hydrogens is 726 g/mol. The van der Waals surface area contributed by atoms with Crippen molar-refractivity contribution < 1.29 is 31.2 Å². The average Bonchev–Trinajstić information content (AvgIpc) is 3.14. The second-order valence-corrected chi connectivity index (χ2v) is 15.4. The van der Waals surface area contributed by atoms with Gasteiger partial charge in [0, 0.05) is 69.1 Å². The van der Waals surface area contributed by atoms with Gasteiger partial charge in [-0.05, 0) is 61.7 Å². The molecule has 286 valence electrons. The second-order valence-electron chi connectivity index (χ2n) is 13.4. The molecule has 18 heteroatoms. The Hall–Kier alpha value is -5.36. The third-order valence-corrected chi connectivity index (χ3v) is 10.9. The summed E-state index contributed by atoms with van der Waals surface area (Å²) >= 11 is 0. The normalized spacial score (nSPS) is 17.0. The molecule has 0 spiro atoms. The van der Waals surface area contributed by atoms with Crippen molar-refractivity contribution in [3.63, 3.8) is 0 Å². The van der Waals surface area contributed by atoms with Gasteiger partial charge in [0.15, 0.2) is 5.82 Å². The maximum atomic E-state index is 13.9. The van der Waals surface area contributed by atoms with Crippen LogP contribution in [0.25, 0.3) is 0 Å². The van der Waals surface area contributed by atoms with E-state index in [2.05, 4.69) is 52.7 Å². The van der Waals surface area contributed by atoms with Crippen LogP contribution in [-0.4, -0.2) is 84.6 Å². The Morgan fingerprint density at radius 1 is 0.963 bits per heavy atom. The van der Waals surface area contributed by atoms with Crippen molar-refractivity contribution >= 4 is 50.8 Å². The van der Waals surface area contributed by atoms with Gasteiger partial charge in [-0.15, -0.1) is 0 Å². The Morgan fingerprint density at radius 3 is 2.35 bits per heavy atom. The Kier molecular flexibility index (Phi) is 11.3. The lowest BCUT2D eigenvalue weighted by molar-refractivity contribution is -0.137. The van der Waals surface area contributed by atoms with Gasteiger partial charge in [0.1, 0.15) is 17.1 Å². The number of hydrogen-bond acceptors (Lipinski definition) is 12. The smallest absolute Gasteiger partial charge is 0.371 e. The summed E-state index contributed by atoms with van der Waals surface area (Å²) in [7, 11) is -0.333. The number of aromatic nitrogens is 4. The summed E-state index contributed by atoms with van der Waals surface area (Å²) < 4.78 is 66.8. The van der Waals surface area contributed by atoms with Gasteiger partial charge in [0.25, 0.3) is 0 Å². The van der Waals surface area contributed by atoms with E-state index in [-0.39, 0.29) is 41.7 Å². The fourth-order valence-electron chi connectivity index (χ4n) is 6.71. The molecule has 3 N–H and O–H groups in total. The number of sulfonamides is 1. The highest BCUT2D eigenvalue weighted by molar-refractivity contribution is 7.92. The highest BCUT2D eigenvalue weighted by atomic mass is 32.2. The Bertz CT molecular complexity index is 2090. The molecule has 2 amide bonds. The first-order valence-corrected chi connectivity index (χ1v) is 19.2. The van der Waals surface area contributed by atoms with E-state index in [0.29, 0.717) is 37.3 Å². The molecule has 6 rings (SSSR count). The zero-order valence-corrected chi connectivity index (χ0v) is 30.8. The number of hydrogen-bond donors (Lipinski definition) is 3. The fraction of sp³-hybridized carbons (Fsp3) is 0.389. The first-order chi connectivity index (χ1) is 25.7. The molecular formula is C36H41F3N10O4S. The molecule has 0 aliphatic carbocycles. The highest BCUT2D eigenvalue weighted by Crippen LogP contribution is 2.35. The maximum absolute atomic E-state index is 13.9. The number of benzene rings is 2. The molecule has 2 fully saturated rings. The first-order valence-electron chi connectivity index (χ1n) is 17.3. The minimum absolute atomic E-state index is 0.0300. The largest absolute Gasteiger partial charge is 0.421 e. The van der Waals surface area contributed by atoms with Crippen LogP contribution < -0.4 is 25.2 Å². The van der Waals surface area contributed by atoms with E-state index in [1.807, 2.05) is 36.4 Å². The van der Waals surface area contributed by atoms with Crippen LogP contribution in [0.2, 0.25) is 0 Å². The van der Waals surface area contributed by atoms with E-state index in [1.54, 1.807) is 12.1 Å². The molecule has 2 aromatic carbocycles. The van der Waals surface area contributed by atoms with Crippen LogP contribution in [-0.2, 0) is 38.9 Å². The number of halogens is 3. The van der Waals surface area contributed by atoms with E-state index in [0.717, 1.165) is 53.3 Å². The van der Waals surface area contributed by atoms with Crippen molar-refractivity contribution in [2.45, 2.75) is 56.9 Å². The van der Waals surface area contributed by atoms with Gasteiger partial charge in [0.05, 0.1) is 18.7 Å². The van der Waals surface area contributed by atoms with Gasteiger partial charge in [-0.1, -0.05) is 24.3 Å². The van der Waals surface area contributed by atoms with Crippen molar-refractivity contribution in [3.05, 3.63) is 89.5 Å². The summed E-state index contributed by atoms with van der Waals surface area (Å²) in [5.74, 6) is -1.42. The predicted octanol–water partition coefficient (Wildman–Crippen LogP) is 4.66. The van der Waals surface area contributed by atoms with Crippen molar-refractivity contribution in [2.24, 2.45) is 0 Å². The van der Waals surface area contributed by atoms with E-state index in [4.69, 9.17) is 0 Å². The molecule has 14 nitrogen and oxygen atoms in total. The van der Waals surface area contributed by atoms with Crippen LogP contribution in [0.15, 0.2) is 67.1 Å². The quantitative estimate of drug-likeness (QED) is 0.171. The highest BCUT2D eigenvalue weighted by Gasteiger charge is 2.36. The third kappa shape index (κ3) is 9.04. The minimum Gasteiger partial charge on any atom is -0.371 e. The second kappa shape index (κ2) is 15.9. The Balaban J connectivity index is 1.07. The summed E-state index contributed by atoms with van der Waals surface area (Å²) in [6.45, 7) is 2.03. The number of carbonyl (C=O) groups is 2. The van der Waals surface area contributed by atoms with Crippen LogP contribution in [0.4, 0.5) is 42.1 Å². The first kappa shape index (κ1) is 38.4. The lowest BCUT2D eigenvalue weighted by Crippen LogP contribution is -2.43. The van der Waals surface area contributed by atoms with Gasteiger partial charge in [-0.3, -0.25) is 29.1 Å². The van der Waals surface area contributed by atoms with Gasteiger partial charge in [-0.2, -0.15) is 18.2 Å². The molecule has 4 aromatic rings. The van der Waals surface area contributed by atoms with Gasteiger partial charge < -0.3 is 15.5 Å². The number of rotatable bonds is 12. The van der Waals surface area contributed by atoms with Crippen LogP contribution in [0.1, 0.15) is 54.0 Å². The number of amides is 2. The standard InChI is InChI=1S/C36H41F3N10O4S/c1-47(22-23-6-4-5-7-27(23)28-12-13-31(50)45-34(28)51)25-14-18-49(19-15-25)26-10-8-24(9-11-26)44-35-43-20-29(36(37,38)39)32(46-35)42-21-30-33(41-17-16-40-30)48(2)54(3,52)53/h4-11,16-17,20,25,28H,12-15,18-19,21-22H2,1-3H3,(H,45,50,51)(H2,42,43,44,46). The summed E-state index contributed by atoms with van der Waals surface area (Å²) in [4.78, 5) is 45.0. The Morgan fingerprint density at radius 2 is 1.67 bits per heavy atom. The van der Waals surface area contributed by atoms with Crippen molar-refractivity contribution in [2.75, 3.05) is 53.3 Å². The zero-order chi connectivity index (χ0) is 38.6. The molecule has 0 radical (unpaired) electrons. The third-order valence-electron chi connectivity index (χ3n) is 9.73. The summed E-state index contributed by atoms with van der Waals surface area (Å²) in [5.41, 5.74) is 2.62. The number of imide groups is 1. The zero-order valence-electron chi connectivity index (χ0n) is 30.0. The SMILES string of the molecule is CN(Cc1ccccc1C1CCC(=O)NC1=O)C1CCN(c2ccc(Nc3ncc(C(F)(F)F)c(NCc4nccnc4N(C)S(C)(=O)=O)n3)cc2)CC1. The molecule has 1 atom stereocenters. The molecule has 0 saturated carbocycles. The molecule has 1 unspecified atom stereocenters.